The van der Waals surface area contributed by atoms with Gasteiger partial charge in [0.1, 0.15) is 11.4 Å². The molecule has 1 N–H and O–H groups in total. The summed E-state index contributed by atoms with van der Waals surface area (Å²) < 4.78 is 46.7. The molecule has 0 saturated carbocycles. The van der Waals surface area contributed by atoms with Crippen LogP contribution in [0.5, 0.6) is 5.75 Å². The van der Waals surface area contributed by atoms with E-state index >= 15 is 0 Å². The Morgan fingerprint density at radius 1 is 1.26 bits per heavy atom. The van der Waals surface area contributed by atoms with E-state index < -0.39 is 17.3 Å². The van der Waals surface area contributed by atoms with Crippen LogP contribution in [0.25, 0.3) is 5.70 Å². The second-order valence-electron chi connectivity index (χ2n) is 8.59. The summed E-state index contributed by atoms with van der Waals surface area (Å²) in [6.45, 7) is 16.2. The molecular weight excluding hydrogens is 401 g/mol. The first-order valence-corrected chi connectivity index (χ1v) is 11.3. The van der Waals surface area contributed by atoms with Crippen LogP contribution in [0, 0.1) is 5.92 Å². The SMILES string of the molecule is C/C=C(\N=C(C(C)CC)C1CCCN1)c1ccc(OC(C)(C)C)c(C(F)(F)F)c1.CC. The minimum atomic E-state index is -4.51. The summed E-state index contributed by atoms with van der Waals surface area (Å²) in [6, 6.07) is 4.39. The van der Waals surface area contributed by atoms with Crippen LogP contribution < -0.4 is 10.1 Å². The molecule has 6 heteroatoms. The number of ether oxygens (including phenoxy) is 1. The number of benzene rings is 1. The van der Waals surface area contributed by atoms with Crippen LogP contribution in [0.1, 0.15) is 85.8 Å². The van der Waals surface area contributed by atoms with Gasteiger partial charge in [-0.15, -0.1) is 0 Å². The highest BCUT2D eigenvalue weighted by molar-refractivity contribution is 5.95. The fourth-order valence-electron chi connectivity index (χ4n) is 3.44. The molecule has 1 heterocycles. The molecule has 1 saturated heterocycles. The fraction of sp³-hybridized carbons (Fsp3) is 0.640. The summed E-state index contributed by atoms with van der Waals surface area (Å²) in [7, 11) is 0. The Morgan fingerprint density at radius 2 is 1.90 bits per heavy atom. The molecule has 0 spiro atoms. The van der Waals surface area contributed by atoms with Crippen molar-refractivity contribution in [3.63, 3.8) is 0 Å². The predicted octanol–water partition coefficient (Wildman–Crippen LogP) is 7.51. The number of nitrogens with one attached hydrogen (secondary N) is 1. The average Bonchev–Trinajstić information content (AvgIpc) is 3.23. The molecule has 0 aliphatic carbocycles. The Balaban J connectivity index is 0.00000233. The van der Waals surface area contributed by atoms with E-state index in [1.54, 1.807) is 32.9 Å². The van der Waals surface area contributed by atoms with Crippen LogP contribution in [0.3, 0.4) is 0 Å². The molecule has 1 aromatic rings. The number of nitrogens with zero attached hydrogens (tertiary/aromatic N) is 1. The second-order valence-corrected chi connectivity index (χ2v) is 8.59. The quantitative estimate of drug-likeness (QED) is 0.464. The van der Waals surface area contributed by atoms with Gasteiger partial charge in [0.05, 0.1) is 11.3 Å². The molecule has 1 fully saturated rings. The number of halogens is 3. The van der Waals surface area contributed by atoms with Crippen molar-refractivity contribution in [2.24, 2.45) is 10.9 Å². The zero-order valence-electron chi connectivity index (χ0n) is 20.3. The Morgan fingerprint density at radius 3 is 2.35 bits per heavy atom. The Labute approximate surface area is 186 Å². The predicted molar refractivity (Wildman–Crippen MR) is 125 cm³/mol. The van der Waals surface area contributed by atoms with E-state index in [1.165, 1.54) is 6.07 Å². The monoisotopic (exact) mass is 440 g/mol. The molecule has 1 aliphatic rings. The summed E-state index contributed by atoms with van der Waals surface area (Å²) in [4.78, 5) is 4.85. The van der Waals surface area contributed by atoms with Gasteiger partial charge in [0.25, 0.3) is 0 Å². The first-order chi connectivity index (χ1) is 14.5. The number of hydrogen-bond donors (Lipinski definition) is 1. The lowest BCUT2D eigenvalue weighted by Gasteiger charge is -2.25. The van der Waals surface area contributed by atoms with Crippen LogP contribution in [0.2, 0.25) is 0 Å². The van der Waals surface area contributed by atoms with Crippen molar-refractivity contribution < 1.29 is 17.9 Å². The van der Waals surface area contributed by atoms with Crippen molar-refractivity contribution in [1.82, 2.24) is 5.32 Å². The minimum Gasteiger partial charge on any atom is -0.488 e. The van der Waals surface area contributed by atoms with E-state index in [2.05, 4.69) is 19.2 Å². The lowest BCUT2D eigenvalue weighted by molar-refractivity contribution is -0.139. The number of allylic oxidation sites excluding steroid dienone is 1. The van der Waals surface area contributed by atoms with Gasteiger partial charge in [0.2, 0.25) is 0 Å². The largest absolute Gasteiger partial charge is 0.488 e. The Bertz CT molecular complexity index is 755. The molecule has 0 aromatic heterocycles. The third-order valence-electron chi connectivity index (χ3n) is 5.05. The minimum absolute atomic E-state index is 0.159. The number of rotatable bonds is 6. The zero-order chi connectivity index (χ0) is 23.8. The summed E-state index contributed by atoms with van der Waals surface area (Å²) >= 11 is 0. The lowest BCUT2D eigenvalue weighted by atomic mass is 9.95. The second kappa shape index (κ2) is 11.7. The highest BCUT2D eigenvalue weighted by Gasteiger charge is 2.36. The molecule has 2 rings (SSSR count). The van der Waals surface area contributed by atoms with Gasteiger partial charge in [0.15, 0.2) is 0 Å². The molecule has 1 aliphatic heterocycles. The number of hydrogen-bond acceptors (Lipinski definition) is 3. The van der Waals surface area contributed by atoms with E-state index in [-0.39, 0.29) is 17.7 Å². The van der Waals surface area contributed by atoms with Crippen LogP contribution in [0.15, 0.2) is 29.3 Å². The van der Waals surface area contributed by atoms with Crippen LogP contribution >= 0.6 is 0 Å². The molecule has 2 unspecified atom stereocenters. The smallest absolute Gasteiger partial charge is 0.419 e. The van der Waals surface area contributed by atoms with Gasteiger partial charge in [-0.2, -0.15) is 13.2 Å². The van der Waals surface area contributed by atoms with Crippen LogP contribution in [0.4, 0.5) is 13.2 Å². The first-order valence-electron chi connectivity index (χ1n) is 11.3. The van der Waals surface area contributed by atoms with Crippen molar-refractivity contribution in [2.45, 2.75) is 92.5 Å². The van der Waals surface area contributed by atoms with Gasteiger partial charge in [-0.3, -0.25) is 4.99 Å². The molecule has 0 radical (unpaired) electrons. The standard InChI is InChI=1S/C23H33F3N2O.C2H6/c1-7-15(3)21(19-10-9-13-27-19)28-18(8-2)16-11-12-20(29-22(4,5)6)17(14-16)23(24,25)26;1-2/h8,11-12,14-15,19,27H,7,9-10,13H2,1-6H3;1-2H3/b18-8-,28-21?;. The van der Waals surface area contributed by atoms with Crippen molar-refractivity contribution in [2.75, 3.05) is 6.54 Å². The van der Waals surface area contributed by atoms with Gasteiger partial charge in [-0.05, 0) is 77.6 Å². The highest BCUT2D eigenvalue weighted by atomic mass is 19.4. The third-order valence-corrected chi connectivity index (χ3v) is 5.05. The number of aliphatic imine (C=N–C) groups is 1. The molecule has 31 heavy (non-hydrogen) atoms. The van der Waals surface area contributed by atoms with Crippen LogP contribution in [-0.4, -0.2) is 23.9 Å². The molecule has 0 amide bonds. The summed E-state index contributed by atoms with van der Waals surface area (Å²) in [5, 5.41) is 3.47. The van der Waals surface area contributed by atoms with Crippen molar-refractivity contribution in [3.8, 4) is 5.75 Å². The van der Waals surface area contributed by atoms with Crippen LogP contribution in [-0.2, 0) is 6.18 Å². The molecule has 1 aromatic carbocycles. The van der Waals surface area contributed by atoms with E-state index in [0.29, 0.717) is 11.3 Å². The van der Waals surface area contributed by atoms with Crippen molar-refractivity contribution in [1.29, 1.82) is 0 Å². The van der Waals surface area contributed by atoms with Gasteiger partial charge >= 0.3 is 6.18 Å². The molecule has 0 bridgehead atoms. The van der Waals surface area contributed by atoms with Crippen molar-refractivity contribution >= 4 is 11.4 Å². The molecule has 2 atom stereocenters. The van der Waals surface area contributed by atoms with Gasteiger partial charge < -0.3 is 10.1 Å². The average molecular weight is 441 g/mol. The van der Waals surface area contributed by atoms with E-state index in [4.69, 9.17) is 9.73 Å². The maximum atomic E-state index is 13.7. The number of alkyl halides is 3. The lowest BCUT2D eigenvalue weighted by Crippen LogP contribution is -2.34. The van der Waals surface area contributed by atoms with Gasteiger partial charge in [-0.1, -0.05) is 33.8 Å². The van der Waals surface area contributed by atoms with Crippen molar-refractivity contribution in [3.05, 3.63) is 35.4 Å². The molecule has 176 valence electrons. The topological polar surface area (TPSA) is 33.6 Å². The highest BCUT2D eigenvalue weighted by Crippen LogP contribution is 2.39. The summed E-state index contributed by atoms with van der Waals surface area (Å²) in [5.74, 6) is 0.0962. The Kier molecular flexibility index (Phi) is 10.3. The van der Waals surface area contributed by atoms with E-state index in [1.807, 2.05) is 20.8 Å². The third kappa shape index (κ3) is 7.99. The normalized spacial score (nSPS) is 19.0. The first kappa shape index (κ1) is 27.2. The van der Waals surface area contributed by atoms with E-state index in [9.17, 15) is 13.2 Å². The van der Waals surface area contributed by atoms with E-state index in [0.717, 1.165) is 37.6 Å². The maximum absolute atomic E-state index is 13.7. The zero-order valence-corrected chi connectivity index (χ0v) is 20.3. The molecular formula is C25H39F3N2O. The summed E-state index contributed by atoms with van der Waals surface area (Å²) in [5.41, 5.74) is 0.521. The van der Waals surface area contributed by atoms with Gasteiger partial charge in [0, 0.05) is 17.3 Å². The fourth-order valence-corrected chi connectivity index (χ4v) is 3.44. The maximum Gasteiger partial charge on any atom is 0.419 e. The Hall–Kier alpha value is -1.82. The summed E-state index contributed by atoms with van der Waals surface area (Å²) in [6.07, 6.45) is 0.289. The molecule has 3 nitrogen and oxygen atoms in total. The van der Waals surface area contributed by atoms with Gasteiger partial charge in [-0.25, -0.2) is 0 Å².